The number of para-hydroxylation sites is 2. The summed E-state index contributed by atoms with van der Waals surface area (Å²) in [7, 11) is 0. The smallest absolute Gasteiger partial charge is 0.249 e. The van der Waals surface area contributed by atoms with Crippen LogP contribution in [0.1, 0.15) is 19.4 Å². The maximum atomic E-state index is 13.0. The van der Waals surface area contributed by atoms with Gasteiger partial charge in [-0.15, -0.1) is 0 Å². The van der Waals surface area contributed by atoms with Crippen molar-refractivity contribution in [3.05, 3.63) is 48.0 Å². The fourth-order valence-electron chi connectivity index (χ4n) is 3.79. The molecule has 144 valence electrons. The first-order chi connectivity index (χ1) is 13.4. The Labute approximate surface area is 163 Å². The van der Waals surface area contributed by atoms with Crippen LogP contribution in [0.25, 0.3) is 0 Å². The number of carbonyl (C=O) groups excluding carboxylic acids is 3. The van der Waals surface area contributed by atoms with Gasteiger partial charge in [-0.05, 0) is 49.2 Å². The minimum atomic E-state index is -0.512. The first-order valence-electron chi connectivity index (χ1n) is 9.32. The van der Waals surface area contributed by atoms with E-state index in [1.165, 1.54) is 4.90 Å². The summed E-state index contributed by atoms with van der Waals surface area (Å²) in [4.78, 5) is 40.0. The monoisotopic (exact) mass is 378 g/mol. The molecule has 0 aliphatic carbocycles. The Balaban J connectivity index is 1.52. The van der Waals surface area contributed by atoms with E-state index in [-0.39, 0.29) is 24.3 Å². The molecule has 0 saturated heterocycles. The molecule has 2 aromatic rings. The topological polar surface area (TPSA) is 81.8 Å². The summed E-state index contributed by atoms with van der Waals surface area (Å²) in [6.07, 6.45) is 0.798. The second-order valence-electron chi connectivity index (χ2n) is 7.12. The SMILES string of the molecule is CC(=O)N1CCc2cc(N[C@@H](C)C(=O)N3CC(=O)Nc4ccccc43)ccc21. The number of benzene rings is 2. The quantitative estimate of drug-likeness (QED) is 0.859. The molecule has 2 aliphatic rings. The molecule has 0 saturated carbocycles. The normalized spacial score (nSPS) is 16.1. The molecule has 0 unspecified atom stereocenters. The van der Waals surface area contributed by atoms with Crippen molar-refractivity contribution >= 4 is 40.5 Å². The molecule has 2 aromatic carbocycles. The van der Waals surface area contributed by atoms with Crippen LogP contribution in [0.5, 0.6) is 0 Å². The molecule has 0 fully saturated rings. The van der Waals surface area contributed by atoms with Crippen LogP contribution in [-0.2, 0) is 20.8 Å². The molecule has 0 radical (unpaired) electrons. The van der Waals surface area contributed by atoms with Gasteiger partial charge in [0.25, 0.3) is 0 Å². The molecule has 0 bridgehead atoms. The molecule has 4 rings (SSSR count). The minimum Gasteiger partial charge on any atom is -0.374 e. The number of amides is 3. The Morgan fingerprint density at radius 2 is 1.89 bits per heavy atom. The summed E-state index contributed by atoms with van der Waals surface area (Å²) < 4.78 is 0. The molecule has 3 amide bonds. The number of anilines is 4. The first kappa shape index (κ1) is 18.0. The fourth-order valence-corrected chi connectivity index (χ4v) is 3.79. The lowest BCUT2D eigenvalue weighted by atomic mass is 10.1. The maximum Gasteiger partial charge on any atom is 0.249 e. The van der Waals surface area contributed by atoms with Crippen LogP contribution >= 0.6 is 0 Å². The zero-order chi connectivity index (χ0) is 19.8. The van der Waals surface area contributed by atoms with Crippen molar-refractivity contribution in [2.45, 2.75) is 26.3 Å². The number of rotatable bonds is 3. The molecule has 2 aliphatic heterocycles. The largest absolute Gasteiger partial charge is 0.374 e. The molecule has 7 nitrogen and oxygen atoms in total. The number of fused-ring (bicyclic) bond motifs is 2. The van der Waals surface area contributed by atoms with Gasteiger partial charge in [0.1, 0.15) is 12.6 Å². The van der Waals surface area contributed by atoms with Crippen LogP contribution in [0.15, 0.2) is 42.5 Å². The van der Waals surface area contributed by atoms with Crippen molar-refractivity contribution < 1.29 is 14.4 Å². The van der Waals surface area contributed by atoms with Crippen molar-refractivity contribution in [2.24, 2.45) is 0 Å². The Bertz CT molecular complexity index is 972. The van der Waals surface area contributed by atoms with Gasteiger partial charge in [0, 0.05) is 24.8 Å². The van der Waals surface area contributed by atoms with Crippen LogP contribution in [0.4, 0.5) is 22.7 Å². The Hall–Kier alpha value is -3.35. The van der Waals surface area contributed by atoms with E-state index in [1.54, 1.807) is 24.8 Å². The highest BCUT2D eigenvalue weighted by molar-refractivity contribution is 6.11. The van der Waals surface area contributed by atoms with Crippen LogP contribution in [0.2, 0.25) is 0 Å². The molecule has 0 aromatic heterocycles. The Morgan fingerprint density at radius 3 is 2.68 bits per heavy atom. The predicted molar refractivity (Wildman–Crippen MR) is 109 cm³/mol. The second-order valence-corrected chi connectivity index (χ2v) is 7.12. The summed E-state index contributed by atoms with van der Waals surface area (Å²) in [6.45, 7) is 4.03. The lowest BCUT2D eigenvalue weighted by Crippen LogP contribution is -2.47. The van der Waals surface area contributed by atoms with Crippen molar-refractivity contribution in [2.75, 3.05) is 33.5 Å². The highest BCUT2D eigenvalue weighted by atomic mass is 16.2. The van der Waals surface area contributed by atoms with Gasteiger partial charge in [0.05, 0.1) is 11.4 Å². The van der Waals surface area contributed by atoms with E-state index in [2.05, 4.69) is 10.6 Å². The summed E-state index contributed by atoms with van der Waals surface area (Å²) >= 11 is 0. The summed E-state index contributed by atoms with van der Waals surface area (Å²) in [5.74, 6) is -0.348. The van der Waals surface area contributed by atoms with Crippen molar-refractivity contribution in [1.29, 1.82) is 0 Å². The number of nitrogens with zero attached hydrogens (tertiary/aromatic N) is 2. The van der Waals surface area contributed by atoms with Crippen LogP contribution in [0, 0.1) is 0 Å². The van der Waals surface area contributed by atoms with E-state index in [0.29, 0.717) is 17.9 Å². The highest BCUT2D eigenvalue weighted by Gasteiger charge is 2.30. The molecule has 7 heteroatoms. The molecule has 1 atom stereocenters. The number of carbonyl (C=O) groups is 3. The van der Waals surface area contributed by atoms with Crippen molar-refractivity contribution in [3.63, 3.8) is 0 Å². The molecular weight excluding hydrogens is 356 g/mol. The highest BCUT2D eigenvalue weighted by Crippen LogP contribution is 2.32. The van der Waals surface area contributed by atoms with Gasteiger partial charge >= 0.3 is 0 Å². The van der Waals surface area contributed by atoms with Crippen LogP contribution in [0.3, 0.4) is 0 Å². The number of hydrogen-bond acceptors (Lipinski definition) is 4. The average molecular weight is 378 g/mol. The summed E-state index contributed by atoms with van der Waals surface area (Å²) in [5.41, 5.74) is 4.17. The van der Waals surface area contributed by atoms with E-state index in [9.17, 15) is 14.4 Å². The third-order valence-electron chi connectivity index (χ3n) is 5.15. The van der Waals surface area contributed by atoms with Gasteiger partial charge in [-0.1, -0.05) is 12.1 Å². The standard InChI is InChI=1S/C21H22N4O3/c1-13(21(28)25-12-20(27)23-17-5-3-4-6-19(17)25)22-16-7-8-18-15(11-16)9-10-24(18)14(2)26/h3-8,11,13,22H,9-10,12H2,1-2H3,(H,23,27)/t13-/m0/s1. The van der Waals surface area contributed by atoms with E-state index >= 15 is 0 Å². The molecule has 2 heterocycles. The third-order valence-corrected chi connectivity index (χ3v) is 5.15. The maximum absolute atomic E-state index is 13.0. The average Bonchev–Trinajstić information content (AvgIpc) is 3.10. The van der Waals surface area contributed by atoms with E-state index in [4.69, 9.17) is 0 Å². The summed E-state index contributed by atoms with van der Waals surface area (Å²) in [5, 5.41) is 6.02. The van der Waals surface area contributed by atoms with Gasteiger partial charge in [-0.25, -0.2) is 0 Å². The fraction of sp³-hybridized carbons (Fsp3) is 0.286. The Morgan fingerprint density at radius 1 is 1.11 bits per heavy atom. The summed E-state index contributed by atoms with van der Waals surface area (Å²) in [6, 6.07) is 12.5. The van der Waals surface area contributed by atoms with Gasteiger partial charge < -0.3 is 15.5 Å². The van der Waals surface area contributed by atoms with Crippen molar-refractivity contribution in [1.82, 2.24) is 0 Å². The lowest BCUT2D eigenvalue weighted by Gasteiger charge is -2.31. The van der Waals surface area contributed by atoms with Crippen molar-refractivity contribution in [3.8, 4) is 0 Å². The molecular formula is C21H22N4O3. The van der Waals surface area contributed by atoms with Gasteiger partial charge in [0.15, 0.2) is 0 Å². The zero-order valence-corrected chi connectivity index (χ0v) is 15.9. The van der Waals surface area contributed by atoms with E-state index in [1.807, 2.05) is 36.4 Å². The molecule has 2 N–H and O–H groups in total. The van der Waals surface area contributed by atoms with E-state index < -0.39 is 6.04 Å². The second kappa shape index (κ2) is 6.99. The Kier molecular flexibility index (Phi) is 4.50. The van der Waals surface area contributed by atoms with E-state index in [0.717, 1.165) is 23.4 Å². The first-order valence-corrected chi connectivity index (χ1v) is 9.32. The number of nitrogens with one attached hydrogen (secondary N) is 2. The minimum absolute atomic E-state index is 0.000371. The predicted octanol–water partition coefficient (Wildman–Crippen LogP) is 2.38. The van der Waals surface area contributed by atoms with Gasteiger partial charge in [-0.2, -0.15) is 0 Å². The molecule has 0 spiro atoms. The molecule has 28 heavy (non-hydrogen) atoms. The zero-order valence-electron chi connectivity index (χ0n) is 15.9. The third kappa shape index (κ3) is 3.19. The lowest BCUT2D eigenvalue weighted by molar-refractivity contribution is -0.122. The van der Waals surface area contributed by atoms with Gasteiger partial charge in [-0.3, -0.25) is 19.3 Å². The van der Waals surface area contributed by atoms with Crippen LogP contribution < -0.4 is 20.4 Å². The number of hydrogen-bond donors (Lipinski definition) is 2. The van der Waals surface area contributed by atoms with Crippen LogP contribution in [-0.4, -0.2) is 36.9 Å². The van der Waals surface area contributed by atoms with Gasteiger partial charge in [0.2, 0.25) is 17.7 Å².